The topological polar surface area (TPSA) is 107 Å². The number of nitrogens with two attached hydrogens (primary N) is 1. The minimum absolute atomic E-state index is 0.0130. The van der Waals surface area contributed by atoms with E-state index in [2.05, 4.69) is 4.90 Å². The van der Waals surface area contributed by atoms with E-state index in [9.17, 15) is 9.90 Å². The second-order valence-corrected chi connectivity index (χ2v) is 6.03. The number of likely N-dealkylation sites (tertiary alicyclic amines) is 1. The number of fused-ring (bicyclic) bond motifs is 1. The molecule has 1 saturated carbocycles. The molecule has 7 heteroatoms. The third-order valence-electron chi connectivity index (χ3n) is 5.02. The lowest BCUT2D eigenvalue weighted by Gasteiger charge is -2.31. The van der Waals surface area contributed by atoms with Crippen molar-refractivity contribution in [2.45, 2.75) is 43.6 Å². The van der Waals surface area contributed by atoms with Gasteiger partial charge in [0.25, 0.3) is 0 Å². The van der Waals surface area contributed by atoms with Crippen LogP contribution in [0.2, 0.25) is 6.32 Å². The average Bonchev–Trinajstić information content (AvgIpc) is 2.81. The van der Waals surface area contributed by atoms with E-state index in [1.165, 1.54) is 0 Å². The lowest BCUT2D eigenvalue weighted by Crippen LogP contribution is -2.56. The lowest BCUT2D eigenvalue weighted by molar-refractivity contribution is -0.146. The molecule has 1 heterocycles. The number of aliphatic carboxylic acids is 1. The van der Waals surface area contributed by atoms with Crippen molar-refractivity contribution in [2.75, 3.05) is 13.6 Å². The Bertz CT molecular complexity index is 355. The zero-order valence-corrected chi connectivity index (χ0v) is 11.3. The Morgan fingerprint density at radius 1 is 1.53 bits per heavy atom. The van der Waals surface area contributed by atoms with Gasteiger partial charge < -0.3 is 25.8 Å². The summed E-state index contributed by atoms with van der Waals surface area (Å²) in [5.74, 6) is -0.981. The highest BCUT2D eigenvalue weighted by molar-refractivity contribution is 6.40. The smallest absolute Gasteiger partial charge is 0.451 e. The van der Waals surface area contributed by atoms with Crippen LogP contribution in [0, 0.1) is 11.8 Å². The molecule has 2 aliphatic rings. The molecule has 0 aromatic heterocycles. The number of rotatable bonds is 5. The highest BCUT2D eigenvalue weighted by atomic mass is 16.4. The molecular weight excluding hydrogens is 247 g/mol. The van der Waals surface area contributed by atoms with Crippen molar-refractivity contribution in [3.05, 3.63) is 0 Å². The largest absolute Gasteiger partial charge is 0.480 e. The summed E-state index contributed by atoms with van der Waals surface area (Å²) in [6.07, 6.45) is 3.14. The third kappa shape index (κ3) is 2.52. The Morgan fingerprint density at radius 2 is 2.21 bits per heavy atom. The quantitative estimate of drug-likeness (QED) is 0.495. The predicted octanol–water partition coefficient (Wildman–Crippen LogP) is -0.638. The highest BCUT2D eigenvalue weighted by Crippen LogP contribution is 2.48. The molecule has 1 aliphatic heterocycles. The van der Waals surface area contributed by atoms with Gasteiger partial charge in [-0.3, -0.25) is 4.79 Å². The second kappa shape index (κ2) is 5.40. The first-order valence-corrected chi connectivity index (χ1v) is 6.96. The van der Waals surface area contributed by atoms with Crippen LogP contribution in [0.4, 0.5) is 0 Å². The molecule has 0 aromatic rings. The van der Waals surface area contributed by atoms with Gasteiger partial charge in [0, 0.05) is 12.0 Å². The molecule has 108 valence electrons. The molecular formula is C12H23BN2O4. The zero-order valence-electron chi connectivity index (χ0n) is 11.3. The van der Waals surface area contributed by atoms with Gasteiger partial charge in [-0.1, -0.05) is 6.42 Å². The van der Waals surface area contributed by atoms with Gasteiger partial charge in [0.05, 0.1) is 0 Å². The highest BCUT2D eigenvalue weighted by Gasteiger charge is 2.59. The summed E-state index contributed by atoms with van der Waals surface area (Å²) in [4.78, 5) is 13.8. The second-order valence-electron chi connectivity index (χ2n) is 6.03. The van der Waals surface area contributed by atoms with Crippen molar-refractivity contribution in [1.29, 1.82) is 0 Å². The van der Waals surface area contributed by atoms with E-state index >= 15 is 0 Å². The number of carboxylic acids is 1. The number of hydrogen-bond donors (Lipinski definition) is 4. The summed E-state index contributed by atoms with van der Waals surface area (Å²) in [7, 11) is 0.702. The molecule has 0 bridgehead atoms. The van der Waals surface area contributed by atoms with Crippen LogP contribution in [0.3, 0.4) is 0 Å². The monoisotopic (exact) mass is 270 g/mol. The van der Waals surface area contributed by atoms with E-state index in [1.54, 1.807) is 0 Å². The van der Waals surface area contributed by atoms with Gasteiger partial charge in [-0.25, -0.2) is 0 Å². The van der Waals surface area contributed by atoms with Crippen molar-refractivity contribution >= 4 is 13.1 Å². The van der Waals surface area contributed by atoms with Crippen molar-refractivity contribution in [2.24, 2.45) is 17.6 Å². The standard InChI is InChI=1S/C12H23BN2O4/c1-15-6-4-9-10(15)7-8(3-2-5-13(18)19)12(9,14)11(16)17/h8-10,18-19H,2-7,14H2,1H3,(H,16,17). The Kier molecular flexibility index (Phi) is 4.20. The molecule has 1 aliphatic carbocycles. The molecule has 19 heavy (non-hydrogen) atoms. The number of carbonyl (C=O) groups is 1. The molecule has 4 atom stereocenters. The summed E-state index contributed by atoms with van der Waals surface area (Å²) in [6.45, 7) is 0.906. The molecule has 4 unspecified atom stereocenters. The average molecular weight is 270 g/mol. The maximum absolute atomic E-state index is 11.6. The van der Waals surface area contributed by atoms with Gasteiger partial charge in [-0.05, 0) is 45.1 Å². The normalized spacial score (nSPS) is 38.4. The van der Waals surface area contributed by atoms with Crippen LogP contribution < -0.4 is 5.73 Å². The third-order valence-corrected chi connectivity index (χ3v) is 5.02. The number of carboxylic acid groups (broad SMARTS) is 1. The van der Waals surface area contributed by atoms with Crippen LogP contribution in [0.1, 0.15) is 25.7 Å². The molecule has 1 saturated heterocycles. The number of hydrogen-bond acceptors (Lipinski definition) is 5. The summed E-state index contributed by atoms with van der Waals surface area (Å²) in [6, 6.07) is 0.255. The predicted molar refractivity (Wildman–Crippen MR) is 71.4 cm³/mol. The Balaban J connectivity index is 2.07. The Hall–Kier alpha value is -0.625. The Morgan fingerprint density at radius 3 is 2.79 bits per heavy atom. The number of nitrogens with zero attached hydrogens (tertiary/aromatic N) is 1. The van der Waals surface area contributed by atoms with E-state index in [0.29, 0.717) is 12.8 Å². The van der Waals surface area contributed by atoms with Crippen molar-refractivity contribution in [3.63, 3.8) is 0 Å². The fourth-order valence-corrected chi connectivity index (χ4v) is 3.94. The fourth-order valence-electron chi connectivity index (χ4n) is 3.94. The van der Waals surface area contributed by atoms with Crippen LogP contribution in [0.25, 0.3) is 0 Å². The Labute approximate surface area is 113 Å². The maximum Gasteiger partial charge on any atom is 0.451 e. The summed E-state index contributed by atoms with van der Waals surface area (Å²) in [5.41, 5.74) is 5.10. The van der Waals surface area contributed by atoms with Crippen LogP contribution in [-0.4, -0.2) is 58.3 Å². The summed E-state index contributed by atoms with van der Waals surface area (Å²) < 4.78 is 0. The minimum atomic E-state index is -1.32. The van der Waals surface area contributed by atoms with Gasteiger partial charge in [0.2, 0.25) is 0 Å². The fraction of sp³-hybridized carbons (Fsp3) is 0.917. The van der Waals surface area contributed by atoms with Gasteiger partial charge in [-0.2, -0.15) is 0 Å². The van der Waals surface area contributed by atoms with Gasteiger partial charge in [0.15, 0.2) is 0 Å². The van der Waals surface area contributed by atoms with Crippen molar-refractivity contribution in [1.82, 2.24) is 4.90 Å². The van der Waals surface area contributed by atoms with E-state index in [-0.39, 0.29) is 24.2 Å². The van der Waals surface area contributed by atoms with E-state index in [4.69, 9.17) is 15.8 Å². The molecule has 0 radical (unpaired) electrons. The van der Waals surface area contributed by atoms with Crippen molar-refractivity contribution in [3.8, 4) is 0 Å². The molecule has 2 rings (SSSR count). The van der Waals surface area contributed by atoms with Gasteiger partial charge in [0.1, 0.15) is 5.54 Å². The minimum Gasteiger partial charge on any atom is -0.480 e. The van der Waals surface area contributed by atoms with Gasteiger partial charge >= 0.3 is 13.1 Å². The van der Waals surface area contributed by atoms with Crippen LogP contribution in [0.15, 0.2) is 0 Å². The van der Waals surface area contributed by atoms with E-state index in [0.717, 1.165) is 19.4 Å². The molecule has 0 amide bonds. The summed E-state index contributed by atoms with van der Waals surface area (Å²) in [5, 5.41) is 27.3. The van der Waals surface area contributed by atoms with Gasteiger partial charge in [-0.15, -0.1) is 0 Å². The van der Waals surface area contributed by atoms with E-state index < -0.39 is 18.6 Å². The maximum atomic E-state index is 11.6. The SMILES string of the molecule is CN1CCC2C1CC(CCCB(O)O)C2(N)C(=O)O. The molecule has 0 spiro atoms. The lowest BCUT2D eigenvalue weighted by atomic mass is 9.75. The van der Waals surface area contributed by atoms with Crippen LogP contribution in [-0.2, 0) is 4.79 Å². The van der Waals surface area contributed by atoms with Crippen molar-refractivity contribution < 1.29 is 19.9 Å². The first-order valence-electron chi connectivity index (χ1n) is 6.96. The molecule has 6 nitrogen and oxygen atoms in total. The van der Waals surface area contributed by atoms with Crippen LogP contribution in [0.5, 0.6) is 0 Å². The molecule has 2 fully saturated rings. The molecule has 5 N–H and O–H groups in total. The molecule has 0 aromatic carbocycles. The summed E-state index contributed by atoms with van der Waals surface area (Å²) >= 11 is 0. The zero-order chi connectivity index (χ0) is 14.2. The first kappa shape index (κ1) is 14.8. The first-order chi connectivity index (χ1) is 8.87. The van der Waals surface area contributed by atoms with Crippen LogP contribution >= 0.6 is 0 Å². The van der Waals surface area contributed by atoms with E-state index in [1.807, 2.05) is 7.05 Å².